The van der Waals surface area contributed by atoms with Crippen LogP contribution >= 0.6 is 0 Å². The zero-order valence-electron chi connectivity index (χ0n) is 19.6. The highest BCUT2D eigenvalue weighted by Crippen LogP contribution is 2.09. The third-order valence-electron chi connectivity index (χ3n) is 4.94. The number of nitrogens with two attached hydrogens (primary N) is 2. The molecule has 0 saturated carbocycles. The van der Waals surface area contributed by atoms with E-state index < -0.39 is 11.6 Å². The Morgan fingerprint density at radius 1 is 1.09 bits per heavy atom. The smallest absolute Gasteiger partial charge is 0.244 e. The molecule has 0 aromatic heterocycles. The van der Waals surface area contributed by atoms with E-state index in [-0.39, 0.29) is 24.3 Å². The summed E-state index contributed by atoms with van der Waals surface area (Å²) in [7, 11) is 1.59. The molecule has 0 fully saturated rings. The second-order valence-corrected chi connectivity index (χ2v) is 8.66. The zero-order valence-corrected chi connectivity index (χ0v) is 19.6. The average molecular weight is 446 g/mol. The number of carbonyl (C=O) groups is 3. The molecule has 0 aliphatic carbocycles. The maximum atomic E-state index is 12.9. The molecular weight excluding hydrogens is 406 g/mol. The summed E-state index contributed by atoms with van der Waals surface area (Å²) in [5.74, 6) is -0.932. The molecule has 0 aliphatic rings. The van der Waals surface area contributed by atoms with Gasteiger partial charge in [0, 0.05) is 25.6 Å². The van der Waals surface area contributed by atoms with Gasteiger partial charge in [0.05, 0.1) is 6.54 Å². The van der Waals surface area contributed by atoms with Gasteiger partial charge in [0.15, 0.2) is 0 Å². The highest BCUT2D eigenvalue weighted by atomic mass is 16.2. The fourth-order valence-corrected chi connectivity index (χ4v) is 3.01. The quantitative estimate of drug-likeness (QED) is 0.252. The van der Waals surface area contributed by atoms with Crippen molar-refractivity contribution in [2.75, 3.05) is 26.7 Å². The summed E-state index contributed by atoms with van der Waals surface area (Å²) in [5.41, 5.74) is 11.9. The Balaban J connectivity index is 2.70. The summed E-state index contributed by atoms with van der Waals surface area (Å²) in [6.07, 6.45) is 6.67. The summed E-state index contributed by atoms with van der Waals surface area (Å²) in [6, 6.07) is 8.86. The minimum atomic E-state index is -0.676. The number of nitrogens with one attached hydrogen (secondary N) is 2. The number of unbranched alkanes of at least 4 members (excludes halogenated alkanes) is 2. The molecule has 32 heavy (non-hydrogen) atoms. The molecule has 1 aromatic carbocycles. The normalized spacial score (nSPS) is 12.4. The van der Waals surface area contributed by atoms with Gasteiger partial charge in [0.2, 0.25) is 17.7 Å². The Bertz CT molecular complexity index is 744. The van der Waals surface area contributed by atoms with Gasteiger partial charge in [-0.25, -0.2) is 0 Å². The predicted octanol–water partition coefficient (Wildman–Crippen LogP) is 1.10. The maximum Gasteiger partial charge on any atom is 0.244 e. The SMILES string of the molecule is CN(C(=O)CNC(=O)/C=C/CC(C)(C)N)C(Cc1ccccc1)C(=O)NCCCCCN. The van der Waals surface area contributed by atoms with Crippen molar-refractivity contribution in [2.45, 2.75) is 57.5 Å². The summed E-state index contributed by atoms with van der Waals surface area (Å²) in [5, 5.41) is 5.49. The summed E-state index contributed by atoms with van der Waals surface area (Å²) in [4.78, 5) is 38.9. The summed E-state index contributed by atoms with van der Waals surface area (Å²) in [6.45, 7) is 4.70. The van der Waals surface area contributed by atoms with Gasteiger partial charge in [-0.15, -0.1) is 0 Å². The van der Waals surface area contributed by atoms with Crippen molar-refractivity contribution in [1.82, 2.24) is 15.5 Å². The molecule has 1 atom stereocenters. The number of nitrogens with zero attached hydrogens (tertiary/aromatic N) is 1. The van der Waals surface area contributed by atoms with Crippen LogP contribution in [0.5, 0.6) is 0 Å². The lowest BCUT2D eigenvalue weighted by Gasteiger charge is -2.27. The third kappa shape index (κ3) is 11.6. The van der Waals surface area contributed by atoms with Crippen LogP contribution in [0.25, 0.3) is 0 Å². The van der Waals surface area contributed by atoms with Crippen LogP contribution in [-0.2, 0) is 20.8 Å². The van der Waals surface area contributed by atoms with Crippen molar-refractivity contribution >= 4 is 17.7 Å². The second kappa shape index (κ2) is 14.4. The first kappa shape index (κ1) is 27.3. The van der Waals surface area contributed by atoms with Crippen LogP contribution in [0.3, 0.4) is 0 Å². The highest BCUT2D eigenvalue weighted by molar-refractivity contribution is 5.93. The third-order valence-corrected chi connectivity index (χ3v) is 4.94. The first-order valence-corrected chi connectivity index (χ1v) is 11.1. The molecule has 0 heterocycles. The van der Waals surface area contributed by atoms with E-state index in [9.17, 15) is 14.4 Å². The Morgan fingerprint density at radius 2 is 1.78 bits per heavy atom. The van der Waals surface area contributed by atoms with E-state index in [0.29, 0.717) is 25.9 Å². The van der Waals surface area contributed by atoms with Crippen molar-refractivity contribution in [3.63, 3.8) is 0 Å². The molecule has 1 rings (SSSR count). The fourth-order valence-electron chi connectivity index (χ4n) is 3.01. The van der Waals surface area contributed by atoms with Gasteiger partial charge in [0.1, 0.15) is 6.04 Å². The molecule has 0 aliphatic heterocycles. The van der Waals surface area contributed by atoms with Crippen LogP contribution in [0.2, 0.25) is 0 Å². The van der Waals surface area contributed by atoms with Gasteiger partial charge in [-0.05, 0) is 51.3 Å². The van der Waals surface area contributed by atoms with Crippen LogP contribution in [-0.4, -0.2) is 60.9 Å². The van der Waals surface area contributed by atoms with E-state index in [0.717, 1.165) is 24.8 Å². The number of hydrogen-bond donors (Lipinski definition) is 4. The van der Waals surface area contributed by atoms with Crippen LogP contribution in [0.1, 0.15) is 45.1 Å². The molecule has 6 N–H and O–H groups in total. The zero-order chi connectivity index (χ0) is 24.0. The summed E-state index contributed by atoms with van der Waals surface area (Å²) >= 11 is 0. The molecular formula is C24H39N5O3. The van der Waals surface area contributed by atoms with Crippen molar-refractivity contribution in [1.29, 1.82) is 0 Å². The first-order valence-electron chi connectivity index (χ1n) is 11.1. The van der Waals surface area contributed by atoms with Crippen molar-refractivity contribution in [2.24, 2.45) is 11.5 Å². The van der Waals surface area contributed by atoms with Crippen molar-refractivity contribution in [3.8, 4) is 0 Å². The molecule has 0 spiro atoms. The van der Waals surface area contributed by atoms with Crippen LogP contribution in [0.4, 0.5) is 0 Å². The lowest BCUT2D eigenvalue weighted by Crippen LogP contribution is -2.51. The molecule has 8 nitrogen and oxygen atoms in total. The van der Waals surface area contributed by atoms with Gasteiger partial charge in [-0.1, -0.05) is 42.8 Å². The molecule has 0 bridgehead atoms. The van der Waals surface area contributed by atoms with Crippen molar-refractivity contribution in [3.05, 3.63) is 48.0 Å². The molecule has 178 valence electrons. The lowest BCUT2D eigenvalue weighted by molar-refractivity contribution is -0.138. The van der Waals surface area contributed by atoms with Gasteiger partial charge in [-0.2, -0.15) is 0 Å². The number of carbonyl (C=O) groups excluding carboxylic acids is 3. The first-order chi connectivity index (χ1) is 15.1. The van der Waals surface area contributed by atoms with E-state index in [2.05, 4.69) is 10.6 Å². The predicted molar refractivity (Wildman–Crippen MR) is 128 cm³/mol. The van der Waals surface area contributed by atoms with Gasteiger partial charge >= 0.3 is 0 Å². The Hall–Kier alpha value is -2.71. The highest BCUT2D eigenvalue weighted by Gasteiger charge is 2.27. The number of rotatable bonds is 14. The number of benzene rings is 1. The lowest BCUT2D eigenvalue weighted by atomic mass is 10.0. The standard InChI is InChI=1S/C24H39N5O3/c1-24(2,26)14-10-13-21(30)28-18-22(31)29(3)20(17-19-11-6-4-7-12-19)23(32)27-16-9-5-8-15-25/h4,6-7,10-13,20H,5,8-9,14-18,25-26H2,1-3H3,(H,27,32)(H,28,30)/b13-10+. The van der Waals surface area contributed by atoms with Gasteiger partial charge < -0.3 is 27.0 Å². The average Bonchev–Trinajstić information content (AvgIpc) is 2.74. The molecule has 0 saturated heterocycles. The van der Waals surface area contributed by atoms with Crippen LogP contribution in [0.15, 0.2) is 42.5 Å². The van der Waals surface area contributed by atoms with E-state index >= 15 is 0 Å². The van der Waals surface area contributed by atoms with E-state index in [1.165, 1.54) is 11.0 Å². The minimum absolute atomic E-state index is 0.194. The molecule has 1 aromatic rings. The molecule has 0 radical (unpaired) electrons. The molecule has 8 heteroatoms. The minimum Gasteiger partial charge on any atom is -0.354 e. The van der Waals surface area contributed by atoms with Crippen LogP contribution < -0.4 is 22.1 Å². The number of likely N-dealkylation sites (N-methyl/N-ethyl adjacent to an activating group) is 1. The topological polar surface area (TPSA) is 131 Å². The Morgan fingerprint density at radius 3 is 2.41 bits per heavy atom. The maximum absolute atomic E-state index is 12.9. The Kier molecular flexibility index (Phi) is 12.3. The summed E-state index contributed by atoms with van der Waals surface area (Å²) < 4.78 is 0. The van der Waals surface area contributed by atoms with Crippen LogP contribution in [0, 0.1) is 0 Å². The molecule has 1 unspecified atom stereocenters. The Labute approximate surface area is 191 Å². The fraction of sp³-hybridized carbons (Fsp3) is 0.542. The number of hydrogen-bond acceptors (Lipinski definition) is 5. The van der Waals surface area contributed by atoms with E-state index in [4.69, 9.17) is 11.5 Å². The molecule has 3 amide bonds. The van der Waals surface area contributed by atoms with Crippen molar-refractivity contribution < 1.29 is 14.4 Å². The number of amides is 3. The van der Waals surface area contributed by atoms with Gasteiger partial charge in [0.25, 0.3) is 0 Å². The largest absolute Gasteiger partial charge is 0.354 e. The second-order valence-electron chi connectivity index (χ2n) is 8.66. The van der Waals surface area contributed by atoms with E-state index in [1.54, 1.807) is 13.1 Å². The van der Waals surface area contributed by atoms with Gasteiger partial charge in [-0.3, -0.25) is 14.4 Å². The van der Waals surface area contributed by atoms with E-state index in [1.807, 2.05) is 44.2 Å². The monoisotopic (exact) mass is 445 g/mol.